The zero-order valence-corrected chi connectivity index (χ0v) is 9.95. The van der Waals surface area contributed by atoms with Gasteiger partial charge in [0.2, 0.25) is 0 Å². The van der Waals surface area contributed by atoms with Crippen molar-refractivity contribution in [1.82, 2.24) is 0 Å². The third kappa shape index (κ3) is 2.27. The van der Waals surface area contributed by atoms with Crippen LogP contribution in [-0.4, -0.2) is 0 Å². The highest BCUT2D eigenvalue weighted by molar-refractivity contribution is 5.49. The fourth-order valence-electron chi connectivity index (χ4n) is 1.69. The lowest BCUT2D eigenvalue weighted by molar-refractivity contribution is 0.490. The molecule has 0 bridgehead atoms. The molecule has 0 aliphatic carbocycles. The van der Waals surface area contributed by atoms with Gasteiger partial charge in [0.05, 0.1) is 12.3 Å². The molecular formula is C14H17NO. The molecule has 84 valence electrons. The Bertz CT molecular complexity index is 460. The van der Waals surface area contributed by atoms with Gasteiger partial charge in [-0.25, -0.2) is 0 Å². The molecule has 0 aliphatic rings. The van der Waals surface area contributed by atoms with E-state index in [1.807, 2.05) is 12.1 Å². The quantitative estimate of drug-likeness (QED) is 0.834. The summed E-state index contributed by atoms with van der Waals surface area (Å²) in [5.41, 5.74) is 3.75. The van der Waals surface area contributed by atoms with Crippen LogP contribution in [0.4, 0.5) is 5.69 Å². The third-order valence-electron chi connectivity index (χ3n) is 2.86. The van der Waals surface area contributed by atoms with E-state index in [0.717, 1.165) is 11.4 Å². The average Bonchev–Trinajstić information content (AvgIpc) is 2.77. The van der Waals surface area contributed by atoms with E-state index >= 15 is 0 Å². The van der Waals surface area contributed by atoms with Crippen molar-refractivity contribution in [2.24, 2.45) is 0 Å². The van der Waals surface area contributed by atoms with Crippen LogP contribution in [0.15, 0.2) is 41.0 Å². The standard InChI is InChI=1S/C14H17NO/c1-10-6-7-13(9-11(10)2)15-12(3)14-5-4-8-16-14/h4-9,12,15H,1-3H3. The van der Waals surface area contributed by atoms with Gasteiger partial charge in [0.25, 0.3) is 0 Å². The van der Waals surface area contributed by atoms with Crippen molar-refractivity contribution in [2.75, 3.05) is 5.32 Å². The van der Waals surface area contributed by atoms with Gasteiger partial charge in [0.1, 0.15) is 5.76 Å². The van der Waals surface area contributed by atoms with Crippen molar-refractivity contribution < 1.29 is 4.42 Å². The molecule has 16 heavy (non-hydrogen) atoms. The fourth-order valence-corrected chi connectivity index (χ4v) is 1.69. The molecule has 0 spiro atoms. The van der Waals surface area contributed by atoms with E-state index in [0.29, 0.717) is 0 Å². The van der Waals surface area contributed by atoms with Gasteiger partial charge in [-0.2, -0.15) is 0 Å². The Morgan fingerprint density at radius 1 is 1.12 bits per heavy atom. The van der Waals surface area contributed by atoms with Crippen molar-refractivity contribution in [3.05, 3.63) is 53.5 Å². The molecule has 2 nitrogen and oxygen atoms in total. The van der Waals surface area contributed by atoms with E-state index in [1.165, 1.54) is 11.1 Å². The summed E-state index contributed by atoms with van der Waals surface area (Å²) in [4.78, 5) is 0. The second kappa shape index (κ2) is 4.44. The van der Waals surface area contributed by atoms with Gasteiger partial charge in [-0.3, -0.25) is 0 Å². The minimum absolute atomic E-state index is 0.192. The molecule has 0 amide bonds. The number of nitrogens with one attached hydrogen (secondary N) is 1. The Morgan fingerprint density at radius 3 is 2.56 bits per heavy atom. The summed E-state index contributed by atoms with van der Waals surface area (Å²) in [6, 6.07) is 10.5. The number of anilines is 1. The van der Waals surface area contributed by atoms with Crippen LogP contribution >= 0.6 is 0 Å². The van der Waals surface area contributed by atoms with Crippen LogP contribution < -0.4 is 5.32 Å². The maximum absolute atomic E-state index is 5.36. The van der Waals surface area contributed by atoms with Gasteiger partial charge < -0.3 is 9.73 Å². The third-order valence-corrected chi connectivity index (χ3v) is 2.86. The molecule has 1 aromatic heterocycles. The van der Waals surface area contributed by atoms with Gasteiger partial charge in [0.15, 0.2) is 0 Å². The fraction of sp³-hybridized carbons (Fsp3) is 0.286. The van der Waals surface area contributed by atoms with Crippen LogP contribution in [0.1, 0.15) is 29.9 Å². The SMILES string of the molecule is Cc1ccc(NC(C)c2ccco2)cc1C. The molecule has 2 heteroatoms. The summed E-state index contributed by atoms with van der Waals surface area (Å²) < 4.78 is 5.36. The second-order valence-electron chi connectivity index (χ2n) is 4.18. The van der Waals surface area contributed by atoms with Crippen molar-refractivity contribution >= 4 is 5.69 Å². The lowest BCUT2D eigenvalue weighted by atomic mass is 10.1. The van der Waals surface area contributed by atoms with Crippen LogP contribution in [0.3, 0.4) is 0 Å². The molecule has 1 aromatic carbocycles. The van der Waals surface area contributed by atoms with Gasteiger partial charge >= 0.3 is 0 Å². The molecule has 2 rings (SSSR count). The zero-order chi connectivity index (χ0) is 11.5. The number of rotatable bonds is 3. The highest BCUT2D eigenvalue weighted by Crippen LogP contribution is 2.21. The molecule has 0 radical (unpaired) electrons. The summed E-state index contributed by atoms with van der Waals surface area (Å²) in [6.45, 7) is 6.33. The van der Waals surface area contributed by atoms with Crippen molar-refractivity contribution in [2.45, 2.75) is 26.8 Å². The van der Waals surface area contributed by atoms with Crippen LogP contribution in [0.5, 0.6) is 0 Å². The first-order valence-electron chi connectivity index (χ1n) is 5.54. The zero-order valence-electron chi connectivity index (χ0n) is 9.95. The number of benzene rings is 1. The van der Waals surface area contributed by atoms with E-state index in [1.54, 1.807) is 6.26 Å². The first-order chi connectivity index (χ1) is 7.66. The molecule has 0 saturated heterocycles. The van der Waals surface area contributed by atoms with Crippen molar-refractivity contribution in [1.29, 1.82) is 0 Å². The number of hydrogen-bond acceptors (Lipinski definition) is 2. The maximum Gasteiger partial charge on any atom is 0.125 e. The predicted octanol–water partition coefficient (Wildman–Crippen LogP) is 4.07. The van der Waals surface area contributed by atoms with Gasteiger partial charge in [-0.15, -0.1) is 0 Å². The molecule has 1 N–H and O–H groups in total. The maximum atomic E-state index is 5.36. The van der Waals surface area contributed by atoms with Gasteiger partial charge in [-0.05, 0) is 56.2 Å². The predicted molar refractivity (Wildman–Crippen MR) is 66.7 cm³/mol. The lowest BCUT2D eigenvalue weighted by Gasteiger charge is -2.14. The summed E-state index contributed by atoms with van der Waals surface area (Å²) in [7, 11) is 0. The Morgan fingerprint density at radius 2 is 1.94 bits per heavy atom. The molecule has 0 saturated carbocycles. The second-order valence-corrected chi connectivity index (χ2v) is 4.18. The van der Waals surface area contributed by atoms with Crippen molar-refractivity contribution in [3.63, 3.8) is 0 Å². The molecule has 0 fully saturated rings. The molecule has 1 heterocycles. The number of furan rings is 1. The summed E-state index contributed by atoms with van der Waals surface area (Å²) in [6.07, 6.45) is 1.70. The molecule has 1 atom stereocenters. The first kappa shape index (κ1) is 10.8. The number of aryl methyl sites for hydroxylation is 2. The largest absolute Gasteiger partial charge is 0.467 e. The van der Waals surface area contributed by atoms with Crippen LogP contribution in [0, 0.1) is 13.8 Å². The minimum atomic E-state index is 0.192. The highest BCUT2D eigenvalue weighted by atomic mass is 16.3. The first-order valence-corrected chi connectivity index (χ1v) is 5.54. The van der Waals surface area contributed by atoms with E-state index < -0.39 is 0 Å². The van der Waals surface area contributed by atoms with Crippen LogP contribution in [0.25, 0.3) is 0 Å². The summed E-state index contributed by atoms with van der Waals surface area (Å²) in [5.74, 6) is 0.957. The normalized spacial score (nSPS) is 12.4. The molecule has 2 aromatic rings. The molecule has 0 aliphatic heterocycles. The average molecular weight is 215 g/mol. The topological polar surface area (TPSA) is 25.2 Å². The van der Waals surface area contributed by atoms with E-state index in [9.17, 15) is 0 Å². The number of hydrogen-bond donors (Lipinski definition) is 1. The lowest BCUT2D eigenvalue weighted by Crippen LogP contribution is -2.05. The van der Waals surface area contributed by atoms with E-state index in [-0.39, 0.29) is 6.04 Å². The molecular weight excluding hydrogens is 198 g/mol. The Balaban J connectivity index is 2.12. The monoisotopic (exact) mass is 215 g/mol. The Hall–Kier alpha value is -1.70. The highest BCUT2D eigenvalue weighted by Gasteiger charge is 2.07. The van der Waals surface area contributed by atoms with Gasteiger partial charge in [0, 0.05) is 5.69 Å². The van der Waals surface area contributed by atoms with Crippen LogP contribution in [0.2, 0.25) is 0 Å². The Labute approximate surface area is 96.3 Å². The van der Waals surface area contributed by atoms with Crippen molar-refractivity contribution in [3.8, 4) is 0 Å². The summed E-state index contributed by atoms with van der Waals surface area (Å²) in [5, 5.41) is 3.42. The van der Waals surface area contributed by atoms with E-state index in [2.05, 4.69) is 44.3 Å². The van der Waals surface area contributed by atoms with E-state index in [4.69, 9.17) is 4.42 Å². The smallest absolute Gasteiger partial charge is 0.125 e. The molecule has 1 unspecified atom stereocenters. The van der Waals surface area contributed by atoms with Crippen LogP contribution in [-0.2, 0) is 0 Å². The summed E-state index contributed by atoms with van der Waals surface area (Å²) >= 11 is 0. The minimum Gasteiger partial charge on any atom is -0.467 e. The van der Waals surface area contributed by atoms with Gasteiger partial charge in [-0.1, -0.05) is 6.07 Å². The Kier molecular flexibility index (Phi) is 3.00.